The van der Waals surface area contributed by atoms with E-state index in [1.807, 2.05) is 14.0 Å². The first-order valence-electron chi connectivity index (χ1n) is 7.20. The molecule has 5 nitrogen and oxygen atoms in total. The zero-order chi connectivity index (χ0) is 16.1. The highest BCUT2D eigenvalue weighted by Crippen LogP contribution is 2.23. The van der Waals surface area contributed by atoms with Crippen molar-refractivity contribution in [3.8, 4) is 11.3 Å². The summed E-state index contributed by atoms with van der Waals surface area (Å²) in [5.41, 5.74) is 2.78. The minimum absolute atomic E-state index is 0.0188. The molecule has 2 rings (SSSR count). The van der Waals surface area contributed by atoms with E-state index in [9.17, 15) is 9.18 Å². The molecule has 0 saturated carbocycles. The zero-order valence-corrected chi connectivity index (χ0v) is 13.1. The fraction of sp³-hybridized carbons (Fsp3) is 0.375. The van der Waals surface area contributed by atoms with Crippen molar-refractivity contribution in [1.29, 1.82) is 0 Å². The highest BCUT2D eigenvalue weighted by atomic mass is 19.1. The van der Waals surface area contributed by atoms with E-state index in [4.69, 9.17) is 0 Å². The van der Waals surface area contributed by atoms with Crippen LogP contribution < -0.4 is 5.32 Å². The Hall–Kier alpha value is -2.21. The van der Waals surface area contributed by atoms with Gasteiger partial charge < -0.3 is 5.32 Å². The number of nitrogens with zero attached hydrogens (tertiary/aromatic N) is 2. The number of hydrogen-bond donors (Lipinski definition) is 2. The van der Waals surface area contributed by atoms with Crippen molar-refractivity contribution in [3.63, 3.8) is 0 Å². The standard InChI is InChI=1S/C16H21FN4O/c1-11(8-15(22)18-2)21(3)10-13-9-19-20-16(13)12-4-6-14(17)7-5-12/h4-7,9,11H,8,10H2,1-3H3,(H,18,22)(H,19,20)/t11-/m1/s1. The first-order chi connectivity index (χ1) is 10.5. The summed E-state index contributed by atoms with van der Waals surface area (Å²) >= 11 is 0. The molecular weight excluding hydrogens is 283 g/mol. The molecule has 0 fully saturated rings. The van der Waals surface area contributed by atoms with Crippen molar-refractivity contribution >= 4 is 5.91 Å². The van der Waals surface area contributed by atoms with E-state index in [0.717, 1.165) is 16.8 Å². The summed E-state index contributed by atoms with van der Waals surface area (Å²) in [5.74, 6) is -0.244. The average Bonchev–Trinajstić information content (AvgIpc) is 2.95. The second-order valence-corrected chi connectivity index (χ2v) is 5.42. The van der Waals surface area contributed by atoms with Gasteiger partial charge in [-0.3, -0.25) is 14.8 Å². The van der Waals surface area contributed by atoms with Crippen molar-refractivity contribution in [2.75, 3.05) is 14.1 Å². The van der Waals surface area contributed by atoms with Crippen LogP contribution >= 0.6 is 0 Å². The molecule has 0 unspecified atom stereocenters. The second-order valence-electron chi connectivity index (χ2n) is 5.42. The lowest BCUT2D eigenvalue weighted by atomic mass is 10.1. The number of aromatic amines is 1. The quantitative estimate of drug-likeness (QED) is 0.860. The van der Waals surface area contributed by atoms with Crippen LogP contribution in [0.5, 0.6) is 0 Å². The number of rotatable bonds is 6. The van der Waals surface area contributed by atoms with Gasteiger partial charge in [-0.05, 0) is 38.2 Å². The van der Waals surface area contributed by atoms with Crippen molar-refractivity contribution < 1.29 is 9.18 Å². The molecule has 118 valence electrons. The molecule has 0 radical (unpaired) electrons. The summed E-state index contributed by atoms with van der Waals surface area (Å²) in [6.45, 7) is 2.66. The molecule has 22 heavy (non-hydrogen) atoms. The first-order valence-corrected chi connectivity index (χ1v) is 7.20. The Morgan fingerprint density at radius 2 is 2.09 bits per heavy atom. The van der Waals surface area contributed by atoms with Gasteiger partial charge in [-0.25, -0.2) is 4.39 Å². The fourth-order valence-corrected chi connectivity index (χ4v) is 2.25. The second kappa shape index (κ2) is 7.17. The molecule has 1 amide bonds. The number of carbonyl (C=O) groups excluding carboxylic acids is 1. The number of benzene rings is 1. The number of carbonyl (C=O) groups is 1. The zero-order valence-electron chi connectivity index (χ0n) is 13.1. The molecule has 0 spiro atoms. The molecule has 1 aromatic carbocycles. The van der Waals surface area contributed by atoms with Gasteiger partial charge in [0.05, 0.1) is 11.9 Å². The fourth-order valence-electron chi connectivity index (χ4n) is 2.25. The van der Waals surface area contributed by atoms with Crippen molar-refractivity contribution in [2.24, 2.45) is 0 Å². The monoisotopic (exact) mass is 304 g/mol. The van der Waals surface area contributed by atoms with E-state index in [2.05, 4.69) is 20.4 Å². The largest absolute Gasteiger partial charge is 0.359 e. The van der Waals surface area contributed by atoms with E-state index >= 15 is 0 Å². The van der Waals surface area contributed by atoms with Gasteiger partial charge in [-0.15, -0.1) is 0 Å². The van der Waals surface area contributed by atoms with Crippen LogP contribution in [0.15, 0.2) is 30.5 Å². The van der Waals surface area contributed by atoms with Gasteiger partial charge in [0, 0.05) is 37.2 Å². The number of amides is 1. The van der Waals surface area contributed by atoms with Gasteiger partial charge in [0.2, 0.25) is 5.91 Å². The molecular formula is C16H21FN4O. The first kappa shape index (κ1) is 16.2. The maximum atomic E-state index is 13.0. The highest BCUT2D eigenvalue weighted by molar-refractivity contribution is 5.76. The number of aromatic nitrogens is 2. The van der Waals surface area contributed by atoms with E-state index < -0.39 is 0 Å². The predicted molar refractivity (Wildman–Crippen MR) is 83.6 cm³/mol. The molecule has 1 atom stereocenters. The van der Waals surface area contributed by atoms with Gasteiger partial charge in [-0.1, -0.05) is 0 Å². The minimum atomic E-state index is -0.263. The molecule has 1 heterocycles. The van der Waals surface area contributed by atoms with Gasteiger partial charge in [-0.2, -0.15) is 5.10 Å². The normalized spacial score (nSPS) is 12.4. The Kier molecular flexibility index (Phi) is 5.27. The van der Waals surface area contributed by atoms with Crippen LogP contribution in [-0.4, -0.2) is 41.1 Å². The molecule has 6 heteroatoms. The lowest BCUT2D eigenvalue weighted by molar-refractivity contribution is -0.121. The maximum Gasteiger partial charge on any atom is 0.221 e. The molecule has 2 aromatic rings. The Morgan fingerprint density at radius 1 is 1.41 bits per heavy atom. The lowest BCUT2D eigenvalue weighted by Gasteiger charge is -2.24. The van der Waals surface area contributed by atoms with E-state index in [1.54, 1.807) is 25.4 Å². The molecule has 0 aliphatic carbocycles. The number of halogens is 1. The van der Waals surface area contributed by atoms with Crippen LogP contribution in [0, 0.1) is 5.82 Å². The summed E-state index contributed by atoms with van der Waals surface area (Å²) < 4.78 is 13.0. The van der Waals surface area contributed by atoms with Crippen molar-refractivity contribution in [1.82, 2.24) is 20.4 Å². The molecule has 0 aliphatic rings. The van der Waals surface area contributed by atoms with Gasteiger partial charge in [0.1, 0.15) is 5.82 Å². The van der Waals surface area contributed by atoms with E-state index in [0.29, 0.717) is 13.0 Å². The highest BCUT2D eigenvalue weighted by Gasteiger charge is 2.16. The average molecular weight is 304 g/mol. The third kappa shape index (κ3) is 3.92. The van der Waals surface area contributed by atoms with E-state index in [1.165, 1.54) is 12.1 Å². The van der Waals surface area contributed by atoms with Crippen LogP contribution in [0.4, 0.5) is 4.39 Å². The Labute approximate surface area is 129 Å². The SMILES string of the molecule is CNC(=O)C[C@@H](C)N(C)Cc1cn[nH]c1-c1ccc(F)cc1. The van der Waals surface area contributed by atoms with E-state index in [-0.39, 0.29) is 17.8 Å². The van der Waals surface area contributed by atoms with Crippen LogP contribution in [0.2, 0.25) is 0 Å². The van der Waals surface area contributed by atoms with Gasteiger partial charge >= 0.3 is 0 Å². The number of H-pyrrole nitrogens is 1. The van der Waals surface area contributed by atoms with Crippen LogP contribution in [0.25, 0.3) is 11.3 Å². The third-order valence-electron chi connectivity index (χ3n) is 3.78. The lowest BCUT2D eigenvalue weighted by Crippen LogP contribution is -2.33. The third-order valence-corrected chi connectivity index (χ3v) is 3.78. The van der Waals surface area contributed by atoms with Crippen molar-refractivity contribution in [3.05, 3.63) is 41.8 Å². The molecule has 0 aliphatic heterocycles. The molecule has 2 N–H and O–H groups in total. The topological polar surface area (TPSA) is 61.0 Å². The Morgan fingerprint density at radius 3 is 2.73 bits per heavy atom. The number of hydrogen-bond acceptors (Lipinski definition) is 3. The molecule has 0 saturated heterocycles. The summed E-state index contributed by atoms with van der Waals surface area (Å²) in [6.07, 6.45) is 2.21. The smallest absolute Gasteiger partial charge is 0.221 e. The summed E-state index contributed by atoms with van der Waals surface area (Å²) in [5, 5.41) is 9.68. The Bertz CT molecular complexity index is 623. The van der Waals surface area contributed by atoms with Crippen molar-refractivity contribution in [2.45, 2.75) is 25.9 Å². The van der Waals surface area contributed by atoms with Crippen LogP contribution in [0.3, 0.4) is 0 Å². The number of nitrogens with one attached hydrogen (secondary N) is 2. The van der Waals surface area contributed by atoms with Gasteiger partial charge in [0.25, 0.3) is 0 Å². The molecule has 0 bridgehead atoms. The van der Waals surface area contributed by atoms with Crippen LogP contribution in [-0.2, 0) is 11.3 Å². The predicted octanol–water partition coefficient (Wildman–Crippen LogP) is 2.17. The van der Waals surface area contributed by atoms with Crippen LogP contribution in [0.1, 0.15) is 18.9 Å². The summed E-state index contributed by atoms with van der Waals surface area (Å²) in [4.78, 5) is 13.5. The minimum Gasteiger partial charge on any atom is -0.359 e. The molecule has 1 aromatic heterocycles. The Balaban J connectivity index is 2.09. The maximum absolute atomic E-state index is 13.0. The summed E-state index contributed by atoms with van der Waals surface area (Å²) in [6, 6.07) is 6.41. The summed E-state index contributed by atoms with van der Waals surface area (Å²) in [7, 11) is 3.60. The van der Waals surface area contributed by atoms with Gasteiger partial charge in [0.15, 0.2) is 0 Å².